The third-order valence-corrected chi connectivity index (χ3v) is 0. The molecule has 0 heterocycles. The Hall–Kier alpha value is 14.1. The number of halogens is 12. The van der Waals surface area contributed by atoms with Gasteiger partial charge < -0.3 is 195 Å². The second kappa shape index (κ2) is 188. The van der Waals surface area contributed by atoms with E-state index in [1.165, 1.54) is 0 Å². The summed E-state index contributed by atoms with van der Waals surface area (Å²) < 4.78 is 0. The molecule has 0 aliphatic heterocycles. The van der Waals surface area contributed by atoms with Crippen LogP contribution in [0.25, 0.3) is 0 Å². The van der Waals surface area contributed by atoms with E-state index in [2.05, 4.69) is 0 Å². The van der Waals surface area contributed by atoms with Crippen molar-refractivity contribution in [3.8, 4) is 0 Å². The summed E-state index contributed by atoms with van der Waals surface area (Å²) in [5.41, 5.74) is 0. The predicted molar refractivity (Wildman–Crippen MR) is 17.3 cm³/mol. The summed E-state index contributed by atoms with van der Waals surface area (Å²) in [6.45, 7) is 0. The first-order valence-electron chi connectivity index (χ1n) is 0. The molecular formula is Cl8Cu3I4K3Sn3. The third kappa shape index (κ3) is 177. The number of hydrogen-bond donors (Lipinski definition) is 0. The number of rotatable bonds is 0. The zero-order chi connectivity index (χ0) is 0. The van der Waals surface area contributed by atoms with Crippen molar-refractivity contribution in [1.29, 1.82) is 0 Å². The molecule has 0 unspecified atom stereocenters. The molecule has 0 aromatic rings. The maximum absolute atomic E-state index is 0. The van der Waals surface area contributed by atoms with E-state index in [0.717, 1.165) is 0 Å². The van der Waals surface area contributed by atoms with Gasteiger partial charge in [-0.1, -0.05) is 0 Å². The van der Waals surface area contributed by atoms with Gasteiger partial charge in [-0.05, 0) is 0 Å². The Balaban J connectivity index is 0. The minimum Gasteiger partial charge on any atom is -1.00 e. The van der Waals surface area contributed by atoms with Crippen LogP contribution >= 0.6 is 0 Å². The Bertz CT molecular complexity index is 46.0. The van der Waals surface area contributed by atoms with Gasteiger partial charge in [-0.2, -0.15) is 0 Å². The average Bonchev–Trinajstić information content (AvgIpc) is 0. The molecule has 132 valence electrons. The van der Waals surface area contributed by atoms with Crippen molar-refractivity contribution in [3.05, 3.63) is 0 Å². The van der Waals surface area contributed by atoms with Crippen LogP contribution in [0, 0.1) is 0 Å². The van der Waals surface area contributed by atoms with Gasteiger partial charge in [0.25, 0.3) is 0 Å². The topological polar surface area (TPSA) is 0 Å². The molecule has 0 spiro atoms. The fourth-order valence-electron chi connectivity index (χ4n) is 0. The third-order valence-electron chi connectivity index (χ3n) is 0. The van der Waals surface area contributed by atoms with E-state index in [1.54, 1.807) is 0 Å². The van der Waals surface area contributed by atoms with E-state index in [9.17, 15) is 0 Å². The Morgan fingerprint density at radius 1 is 0.238 bits per heavy atom. The Morgan fingerprint density at radius 3 is 0.238 bits per heavy atom. The molecule has 0 saturated heterocycles. The second-order valence-electron chi connectivity index (χ2n) is 0. The average molecular weight is 1460 g/mol. The minimum absolute atomic E-state index is 0. The van der Waals surface area contributed by atoms with Crippen molar-refractivity contribution in [3.63, 3.8) is 0 Å². The molecule has 0 atom stereocenters. The van der Waals surface area contributed by atoms with Gasteiger partial charge in [0.1, 0.15) is 0 Å². The minimum atomic E-state index is 0. The van der Waals surface area contributed by atoms with Crippen molar-refractivity contribution in [2.24, 2.45) is 0 Å². The Labute approximate surface area is 457 Å². The molecule has 0 rings (SSSR count). The summed E-state index contributed by atoms with van der Waals surface area (Å²) in [6, 6.07) is 0. The molecule has 0 N–H and O–H groups in total. The Morgan fingerprint density at radius 2 is 0.238 bits per heavy atom. The first kappa shape index (κ1) is 205. The smallest absolute Gasteiger partial charge is 1.00 e. The predicted octanol–water partition coefficient (Wildman–Crippen LogP) is -46.1. The molecule has 6 radical (unpaired) electrons. The maximum atomic E-state index is 0. The molecule has 0 nitrogen and oxygen atoms in total. The molecule has 0 bridgehead atoms. The van der Waals surface area contributed by atoms with Gasteiger partial charge >= 0.3 is 277 Å². The molecule has 0 aromatic carbocycles. The first-order valence-corrected chi connectivity index (χ1v) is 0. The van der Waals surface area contributed by atoms with Crippen molar-refractivity contribution in [2.45, 2.75) is 0 Å². The standard InChI is InChI=1S/8ClH.3Cu.4HI.3K.3Sn/h8*1H;;;;4*1H;;;;;;/q;;;;;;;;3*+1;;;;;3*+1;3*+2/p-12. The zero-order valence-electron chi connectivity index (χ0n) is 9.94. The van der Waals surface area contributed by atoms with Gasteiger partial charge in [-0.3, -0.25) is 0 Å². The van der Waals surface area contributed by atoms with E-state index in [4.69, 9.17) is 0 Å². The molecule has 0 saturated carbocycles. The van der Waals surface area contributed by atoms with Crippen LogP contribution in [0.1, 0.15) is 0 Å². The second-order valence-corrected chi connectivity index (χ2v) is 0. The normalized spacial score (nSPS) is 0. The molecule has 21 heteroatoms. The fraction of sp³-hybridized carbons (Fsp3) is 0. The van der Waals surface area contributed by atoms with Gasteiger partial charge in [0.05, 0.1) is 0 Å². The first-order chi connectivity index (χ1) is 0. The van der Waals surface area contributed by atoms with Gasteiger partial charge in [-0.25, -0.2) is 0 Å². The van der Waals surface area contributed by atoms with Gasteiger partial charge in [0.15, 0.2) is 0 Å². The summed E-state index contributed by atoms with van der Waals surface area (Å²) >= 11 is 0. The van der Waals surface area contributed by atoms with E-state index < -0.39 is 0 Å². The maximum Gasteiger partial charge on any atom is 2.00 e. The van der Waals surface area contributed by atoms with E-state index >= 15 is 0 Å². The van der Waals surface area contributed by atoms with E-state index in [1.807, 2.05) is 0 Å². The molecule has 0 aromatic heterocycles. The van der Waals surface area contributed by atoms with Crippen LogP contribution in [-0.2, 0) is 51.2 Å². The molecule has 0 aliphatic carbocycles. The van der Waals surface area contributed by atoms with Crippen molar-refractivity contribution in [2.75, 3.05) is 0 Å². The van der Waals surface area contributed by atoms with Crippen molar-refractivity contribution in [1.82, 2.24) is 0 Å². The molecular weight excluding hydrogens is 1460 g/mol. The summed E-state index contributed by atoms with van der Waals surface area (Å²) in [6.07, 6.45) is 0. The number of hydrogen-bond acceptors (Lipinski definition) is 0. The van der Waals surface area contributed by atoms with Crippen molar-refractivity contribution < 1.29 is 401 Å². The molecule has 0 aliphatic rings. The van der Waals surface area contributed by atoms with Crippen LogP contribution < -0.4 is 349 Å². The Kier molecular flexibility index (Phi) is 1840. The van der Waals surface area contributed by atoms with Gasteiger partial charge in [0.2, 0.25) is 0 Å². The van der Waals surface area contributed by atoms with Gasteiger partial charge in [0, 0.05) is 0 Å². The summed E-state index contributed by atoms with van der Waals surface area (Å²) in [5.74, 6) is 0. The summed E-state index contributed by atoms with van der Waals surface area (Å²) in [5, 5.41) is 0. The van der Waals surface area contributed by atoms with Crippen LogP contribution in [0.5, 0.6) is 0 Å². The van der Waals surface area contributed by atoms with Crippen LogP contribution in [0.3, 0.4) is 0 Å². The van der Waals surface area contributed by atoms with Crippen LogP contribution in [0.4, 0.5) is 0 Å². The van der Waals surface area contributed by atoms with E-state index in [-0.39, 0.29) is 472 Å². The molecule has 0 amide bonds. The fourth-order valence-corrected chi connectivity index (χ4v) is 0. The quantitative estimate of drug-likeness (QED) is 0.168. The summed E-state index contributed by atoms with van der Waals surface area (Å²) in [7, 11) is 0. The largest absolute Gasteiger partial charge is 2.00 e. The van der Waals surface area contributed by atoms with Crippen LogP contribution in [-0.4, -0.2) is 71.7 Å². The SMILES string of the molecule is [Cl-].[Cl-].[Cl-].[Cl-].[Cl-].[Cl-].[Cl-].[Cl-].[Cu+].[Cu+].[Cu+].[I-].[I-].[I-].[I-].[K+].[K+].[K+].[Sn+2].[Sn+2].[Sn+2]. The van der Waals surface area contributed by atoms with Crippen LogP contribution in [0.2, 0.25) is 0 Å². The van der Waals surface area contributed by atoms with Crippen LogP contribution in [0.15, 0.2) is 0 Å². The zero-order valence-corrected chi connectivity index (χ0v) is 45.4. The molecule has 0 fully saturated rings. The molecule has 21 heavy (non-hydrogen) atoms. The van der Waals surface area contributed by atoms with Crippen molar-refractivity contribution >= 4 is 71.7 Å². The summed E-state index contributed by atoms with van der Waals surface area (Å²) in [4.78, 5) is 0. The monoisotopic (exact) mass is 1450 g/mol. The van der Waals surface area contributed by atoms with Gasteiger partial charge in [-0.15, -0.1) is 0 Å². The van der Waals surface area contributed by atoms with E-state index in [0.29, 0.717) is 0 Å².